The zero-order valence-corrected chi connectivity index (χ0v) is 11.1. The van der Waals surface area contributed by atoms with E-state index in [0.29, 0.717) is 18.3 Å². The van der Waals surface area contributed by atoms with Crippen LogP contribution < -0.4 is 5.32 Å². The molecule has 5 heteroatoms. The van der Waals surface area contributed by atoms with E-state index in [9.17, 15) is 4.79 Å². The fourth-order valence-corrected chi connectivity index (χ4v) is 2.58. The van der Waals surface area contributed by atoms with Gasteiger partial charge >= 0.3 is 5.97 Å². The number of nitrogens with zero attached hydrogens (tertiary/aromatic N) is 2. The third kappa shape index (κ3) is 4.28. The summed E-state index contributed by atoms with van der Waals surface area (Å²) in [7, 11) is 0. The average molecular weight is 263 g/mol. The molecule has 104 valence electrons. The molecule has 0 unspecified atom stereocenters. The molecule has 0 saturated heterocycles. The molecule has 0 bridgehead atoms. The van der Waals surface area contributed by atoms with Gasteiger partial charge in [-0.3, -0.25) is 0 Å². The summed E-state index contributed by atoms with van der Waals surface area (Å²) in [5.74, 6) is -0.963. The molecule has 0 radical (unpaired) electrons. The number of hydrogen-bond acceptors (Lipinski definition) is 4. The quantitative estimate of drug-likeness (QED) is 0.872. The van der Waals surface area contributed by atoms with Gasteiger partial charge in [0.25, 0.3) is 0 Å². The number of carboxylic acid groups (broad SMARTS) is 1. The first-order chi connectivity index (χ1) is 9.27. The molecule has 1 aromatic heterocycles. The molecule has 5 nitrogen and oxygen atoms in total. The predicted octanol–water partition coefficient (Wildman–Crippen LogP) is 2.38. The van der Waals surface area contributed by atoms with Gasteiger partial charge < -0.3 is 10.4 Å². The van der Waals surface area contributed by atoms with E-state index < -0.39 is 5.97 Å². The van der Waals surface area contributed by atoms with Gasteiger partial charge in [0.1, 0.15) is 11.9 Å². The van der Waals surface area contributed by atoms with Crippen LogP contribution in [0.3, 0.4) is 0 Å². The Hall–Kier alpha value is -1.49. The monoisotopic (exact) mass is 263 g/mol. The highest BCUT2D eigenvalue weighted by molar-refractivity contribution is 5.88. The maximum Gasteiger partial charge on any atom is 0.339 e. The molecule has 2 N–H and O–H groups in total. The SMILES string of the molecule is O=C(O)c1cncnc1CNC1CCCCCCC1. The van der Waals surface area contributed by atoms with Crippen molar-refractivity contribution in [3.63, 3.8) is 0 Å². The fraction of sp³-hybridized carbons (Fsp3) is 0.643. The molecule has 0 atom stereocenters. The molecule has 0 aliphatic heterocycles. The van der Waals surface area contributed by atoms with Crippen LogP contribution in [0, 0.1) is 0 Å². The van der Waals surface area contributed by atoms with Crippen LogP contribution in [0.5, 0.6) is 0 Å². The second kappa shape index (κ2) is 7.19. The molecule has 1 saturated carbocycles. The van der Waals surface area contributed by atoms with Gasteiger partial charge in [0.15, 0.2) is 0 Å². The summed E-state index contributed by atoms with van der Waals surface area (Å²) in [5, 5.41) is 12.5. The van der Waals surface area contributed by atoms with Gasteiger partial charge in [-0.15, -0.1) is 0 Å². The lowest BCUT2D eigenvalue weighted by atomic mass is 9.96. The van der Waals surface area contributed by atoms with E-state index >= 15 is 0 Å². The number of aromatic nitrogens is 2. The van der Waals surface area contributed by atoms with Crippen LogP contribution in [0.2, 0.25) is 0 Å². The third-order valence-corrected chi connectivity index (χ3v) is 3.69. The summed E-state index contributed by atoms with van der Waals surface area (Å²) in [4.78, 5) is 18.9. The largest absolute Gasteiger partial charge is 0.478 e. The van der Waals surface area contributed by atoms with Crippen molar-refractivity contribution in [2.75, 3.05) is 0 Å². The molecule has 19 heavy (non-hydrogen) atoms. The number of carboxylic acids is 1. The molecular weight excluding hydrogens is 242 g/mol. The number of nitrogens with one attached hydrogen (secondary N) is 1. The Morgan fingerprint density at radius 2 is 1.95 bits per heavy atom. The Bertz CT molecular complexity index is 415. The van der Waals surface area contributed by atoms with Gasteiger partial charge in [-0.1, -0.05) is 32.1 Å². The lowest BCUT2D eigenvalue weighted by Crippen LogP contribution is -2.30. The van der Waals surface area contributed by atoms with Crippen LogP contribution in [-0.4, -0.2) is 27.1 Å². The van der Waals surface area contributed by atoms with Crippen LogP contribution in [0.4, 0.5) is 0 Å². The van der Waals surface area contributed by atoms with Gasteiger partial charge in [-0.05, 0) is 12.8 Å². The molecule has 1 aliphatic carbocycles. The molecular formula is C14H21N3O2. The Labute approximate surface area is 113 Å². The number of aromatic carboxylic acids is 1. The zero-order valence-electron chi connectivity index (χ0n) is 11.1. The van der Waals surface area contributed by atoms with E-state index in [2.05, 4.69) is 15.3 Å². The van der Waals surface area contributed by atoms with Crippen molar-refractivity contribution in [2.24, 2.45) is 0 Å². The van der Waals surface area contributed by atoms with Crippen LogP contribution >= 0.6 is 0 Å². The normalized spacial score (nSPS) is 17.7. The van der Waals surface area contributed by atoms with Gasteiger partial charge in [0.2, 0.25) is 0 Å². The van der Waals surface area contributed by atoms with Crippen molar-refractivity contribution in [3.05, 3.63) is 23.8 Å². The molecule has 0 amide bonds. The molecule has 1 fully saturated rings. The first-order valence-electron chi connectivity index (χ1n) is 7.03. The highest BCUT2D eigenvalue weighted by Crippen LogP contribution is 2.17. The Morgan fingerprint density at radius 3 is 2.63 bits per heavy atom. The van der Waals surface area contributed by atoms with E-state index in [-0.39, 0.29) is 5.56 Å². The van der Waals surface area contributed by atoms with Gasteiger partial charge in [0.05, 0.1) is 5.69 Å². The minimum atomic E-state index is -0.963. The van der Waals surface area contributed by atoms with Crippen molar-refractivity contribution < 1.29 is 9.90 Å². The summed E-state index contributed by atoms with van der Waals surface area (Å²) in [6.07, 6.45) is 11.6. The maximum absolute atomic E-state index is 11.1. The van der Waals surface area contributed by atoms with Gasteiger partial charge in [0, 0.05) is 18.8 Å². The van der Waals surface area contributed by atoms with Crippen molar-refractivity contribution in [3.8, 4) is 0 Å². The lowest BCUT2D eigenvalue weighted by molar-refractivity contribution is 0.0694. The summed E-state index contributed by atoms with van der Waals surface area (Å²) in [6.45, 7) is 0.509. The molecule has 2 rings (SSSR count). The standard InChI is InChI=1S/C14H21N3O2/c18-14(19)12-8-15-10-17-13(12)9-16-11-6-4-2-1-3-5-7-11/h8,10-11,16H,1-7,9H2,(H,18,19). The van der Waals surface area contributed by atoms with Crippen LogP contribution in [0.1, 0.15) is 61.0 Å². The summed E-state index contributed by atoms with van der Waals surface area (Å²) in [5.41, 5.74) is 0.769. The maximum atomic E-state index is 11.1. The molecule has 1 heterocycles. The molecule has 0 aromatic carbocycles. The van der Waals surface area contributed by atoms with Crippen molar-refractivity contribution in [1.29, 1.82) is 0 Å². The van der Waals surface area contributed by atoms with Gasteiger partial charge in [-0.2, -0.15) is 0 Å². The average Bonchev–Trinajstić information content (AvgIpc) is 2.37. The predicted molar refractivity (Wildman–Crippen MR) is 71.9 cm³/mol. The smallest absolute Gasteiger partial charge is 0.339 e. The minimum Gasteiger partial charge on any atom is -0.478 e. The van der Waals surface area contributed by atoms with E-state index in [1.807, 2.05) is 0 Å². The van der Waals surface area contributed by atoms with E-state index in [1.165, 1.54) is 57.5 Å². The molecule has 1 aromatic rings. The van der Waals surface area contributed by atoms with Crippen molar-refractivity contribution >= 4 is 5.97 Å². The molecule has 0 spiro atoms. The van der Waals surface area contributed by atoms with E-state index in [1.54, 1.807) is 0 Å². The first kappa shape index (κ1) is 13.9. The number of carbonyl (C=O) groups is 1. The van der Waals surface area contributed by atoms with Crippen molar-refractivity contribution in [1.82, 2.24) is 15.3 Å². The van der Waals surface area contributed by atoms with Crippen LogP contribution in [0.15, 0.2) is 12.5 Å². The number of hydrogen-bond donors (Lipinski definition) is 2. The third-order valence-electron chi connectivity index (χ3n) is 3.69. The van der Waals surface area contributed by atoms with Crippen LogP contribution in [-0.2, 0) is 6.54 Å². The second-order valence-electron chi connectivity index (χ2n) is 5.11. The topological polar surface area (TPSA) is 75.1 Å². The summed E-state index contributed by atoms with van der Waals surface area (Å²) < 4.78 is 0. The fourth-order valence-electron chi connectivity index (χ4n) is 2.58. The first-order valence-corrected chi connectivity index (χ1v) is 7.03. The van der Waals surface area contributed by atoms with Crippen molar-refractivity contribution in [2.45, 2.75) is 57.5 Å². The van der Waals surface area contributed by atoms with E-state index in [4.69, 9.17) is 5.11 Å². The zero-order chi connectivity index (χ0) is 13.5. The number of rotatable bonds is 4. The van der Waals surface area contributed by atoms with Crippen LogP contribution in [0.25, 0.3) is 0 Å². The minimum absolute atomic E-state index is 0.195. The summed E-state index contributed by atoms with van der Waals surface area (Å²) in [6, 6.07) is 0.483. The summed E-state index contributed by atoms with van der Waals surface area (Å²) >= 11 is 0. The highest BCUT2D eigenvalue weighted by atomic mass is 16.4. The Morgan fingerprint density at radius 1 is 1.26 bits per heavy atom. The Kier molecular flexibility index (Phi) is 5.27. The highest BCUT2D eigenvalue weighted by Gasteiger charge is 2.14. The second-order valence-corrected chi connectivity index (χ2v) is 5.11. The van der Waals surface area contributed by atoms with E-state index in [0.717, 1.165) is 0 Å². The molecule has 1 aliphatic rings. The Balaban J connectivity index is 1.92. The van der Waals surface area contributed by atoms with Gasteiger partial charge in [-0.25, -0.2) is 14.8 Å². The lowest BCUT2D eigenvalue weighted by Gasteiger charge is -2.21.